The average molecular weight is 342 g/mol. The zero-order valence-corrected chi connectivity index (χ0v) is 14.2. The Morgan fingerprint density at radius 2 is 1.38 bits per heavy atom. The van der Waals surface area contributed by atoms with Gasteiger partial charge in [-0.3, -0.25) is 9.59 Å². The van der Waals surface area contributed by atoms with Gasteiger partial charge in [0, 0.05) is 32.2 Å². The van der Waals surface area contributed by atoms with E-state index in [1.54, 1.807) is 0 Å². The number of carboxylic acid groups (broad SMARTS) is 1. The quantitative estimate of drug-likeness (QED) is 0.420. The number of rotatable bonds is 13. The summed E-state index contributed by atoms with van der Waals surface area (Å²) in [7, 11) is 0. The van der Waals surface area contributed by atoms with E-state index in [9.17, 15) is 24.0 Å². The number of hydrogen-bond donors (Lipinski definition) is 3. The van der Waals surface area contributed by atoms with Crippen LogP contribution in [-0.4, -0.2) is 47.0 Å². The van der Waals surface area contributed by atoms with Gasteiger partial charge in [0.2, 0.25) is 11.8 Å². The maximum absolute atomic E-state index is 11.6. The zero-order chi connectivity index (χ0) is 18.5. The summed E-state index contributed by atoms with van der Waals surface area (Å²) in [5.41, 5.74) is 0. The number of unbranched alkanes of at least 4 members (excludes halogenated alkanes) is 1. The maximum Gasteiger partial charge on any atom is 0.326 e. The number of carboxylic acids is 1. The van der Waals surface area contributed by atoms with Crippen molar-refractivity contribution in [2.75, 3.05) is 6.54 Å². The molecule has 1 atom stereocenters. The van der Waals surface area contributed by atoms with Crippen LogP contribution in [0.5, 0.6) is 0 Å². The monoisotopic (exact) mass is 342 g/mol. The molecule has 0 heterocycles. The molecule has 0 aromatic carbocycles. The molecule has 8 heteroatoms. The molecule has 0 saturated carbocycles. The van der Waals surface area contributed by atoms with Crippen molar-refractivity contribution in [2.45, 2.75) is 64.8 Å². The lowest BCUT2D eigenvalue weighted by molar-refractivity contribution is -0.142. The molecule has 0 saturated heterocycles. The van der Waals surface area contributed by atoms with Gasteiger partial charge >= 0.3 is 5.97 Å². The molecule has 0 rings (SSSR count). The van der Waals surface area contributed by atoms with Crippen molar-refractivity contribution in [3.8, 4) is 0 Å². The third-order valence-corrected chi connectivity index (χ3v) is 3.28. The SMILES string of the molecule is CC(=O)CCC(=O)NCCCCC(NC(=O)CCC(C)=O)C(=O)O. The van der Waals surface area contributed by atoms with Crippen molar-refractivity contribution >= 4 is 29.4 Å². The molecule has 136 valence electrons. The molecular weight excluding hydrogens is 316 g/mol. The van der Waals surface area contributed by atoms with Crippen molar-refractivity contribution in [2.24, 2.45) is 0 Å². The Hall–Kier alpha value is -2.25. The molecule has 3 N–H and O–H groups in total. The Balaban J connectivity index is 3.95. The molecule has 1 unspecified atom stereocenters. The summed E-state index contributed by atoms with van der Waals surface area (Å²) in [6.45, 7) is 3.18. The molecule has 0 spiro atoms. The molecule has 8 nitrogen and oxygen atoms in total. The average Bonchev–Trinajstić information content (AvgIpc) is 2.49. The van der Waals surface area contributed by atoms with E-state index in [1.807, 2.05) is 0 Å². The highest BCUT2D eigenvalue weighted by Crippen LogP contribution is 2.03. The summed E-state index contributed by atoms with van der Waals surface area (Å²) >= 11 is 0. The van der Waals surface area contributed by atoms with Gasteiger partial charge in [0.05, 0.1) is 0 Å². The van der Waals surface area contributed by atoms with E-state index in [0.717, 1.165) is 0 Å². The summed E-state index contributed by atoms with van der Waals surface area (Å²) in [4.78, 5) is 55.6. The lowest BCUT2D eigenvalue weighted by atomic mass is 10.1. The van der Waals surface area contributed by atoms with Gasteiger partial charge in [-0.1, -0.05) is 0 Å². The van der Waals surface area contributed by atoms with Crippen LogP contribution in [-0.2, 0) is 24.0 Å². The van der Waals surface area contributed by atoms with Gasteiger partial charge in [-0.15, -0.1) is 0 Å². The zero-order valence-electron chi connectivity index (χ0n) is 14.2. The molecule has 24 heavy (non-hydrogen) atoms. The standard InChI is InChI=1S/C16H26N2O6/c1-11(19)6-8-14(21)17-10-4-3-5-13(16(23)24)18-15(22)9-7-12(2)20/h13H,3-10H2,1-2H3,(H,17,21)(H,18,22)(H,23,24). The molecular formula is C16H26N2O6. The molecule has 0 bridgehead atoms. The minimum Gasteiger partial charge on any atom is -0.480 e. The van der Waals surface area contributed by atoms with Crippen LogP contribution >= 0.6 is 0 Å². The predicted octanol–water partition coefficient (Wildman–Crippen LogP) is 0.581. The lowest BCUT2D eigenvalue weighted by Gasteiger charge is -2.14. The fraction of sp³-hybridized carbons (Fsp3) is 0.688. The van der Waals surface area contributed by atoms with Gasteiger partial charge in [0.1, 0.15) is 17.6 Å². The van der Waals surface area contributed by atoms with Crippen molar-refractivity contribution in [1.29, 1.82) is 0 Å². The maximum atomic E-state index is 11.6. The Labute approximate surface area is 141 Å². The van der Waals surface area contributed by atoms with Crippen LogP contribution < -0.4 is 10.6 Å². The van der Waals surface area contributed by atoms with Gasteiger partial charge in [-0.2, -0.15) is 0 Å². The van der Waals surface area contributed by atoms with Crippen LogP contribution in [0.25, 0.3) is 0 Å². The van der Waals surface area contributed by atoms with Gasteiger partial charge in [0.15, 0.2) is 0 Å². The van der Waals surface area contributed by atoms with Crippen LogP contribution in [0.3, 0.4) is 0 Å². The number of hydrogen-bond acceptors (Lipinski definition) is 5. The molecule has 0 aliphatic carbocycles. The lowest BCUT2D eigenvalue weighted by Crippen LogP contribution is -2.40. The molecule has 0 fully saturated rings. The molecule has 0 aromatic heterocycles. The first-order chi connectivity index (χ1) is 11.2. The van der Waals surface area contributed by atoms with Crippen LogP contribution in [0.4, 0.5) is 0 Å². The van der Waals surface area contributed by atoms with Gasteiger partial charge < -0.3 is 25.3 Å². The summed E-state index contributed by atoms with van der Waals surface area (Å²) < 4.78 is 0. The number of Topliss-reactive ketones (excluding diaryl/α,β-unsaturated/α-hetero) is 2. The van der Waals surface area contributed by atoms with E-state index in [4.69, 9.17) is 5.11 Å². The summed E-state index contributed by atoms with van der Waals surface area (Å²) in [6.07, 6.45) is 1.74. The molecule has 0 radical (unpaired) electrons. The minimum absolute atomic E-state index is 0.0225. The summed E-state index contributed by atoms with van der Waals surface area (Å²) in [5, 5.41) is 14.1. The Kier molecular flexibility index (Phi) is 11.1. The first kappa shape index (κ1) is 21.8. The predicted molar refractivity (Wildman–Crippen MR) is 86.3 cm³/mol. The Bertz CT molecular complexity index is 475. The van der Waals surface area contributed by atoms with E-state index in [1.165, 1.54) is 13.8 Å². The fourth-order valence-corrected chi connectivity index (χ4v) is 1.89. The van der Waals surface area contributed by atoms with Crippen LogP contribution in [0.15, 0.2) is 0 Å². The minimum atomic E-state index is -1.13. The summed E-state index contributed by atoms with van der Waals surface area (Å²) in [5.74, 6) is -1.98. The normalized spacial score (nSPS) is 11.4. The fourth-order valence-electron chi connectivity index (χ4n) is 1.89. The highest BCUT2D eigenvalue weighted by molar-refractivity contribution is 5.86. The second-order valence-electron chi connectivity index (χ2n) is 5.71. The largest absolute Gasteiger partial charge is 0.480 e. The molecule has 0 aliphatic rings. The second kappa shape index (κ2) is 12.2. The van der Waals surface area contributed by atoms with Crippen LogP contribution in [0.2, 0.25) is 0 Å². The first-order valence-electron chi connectivity index (χ1n) is 8.00. The number of amides is 2. The Morgan fingerprint density at radius 1 is 0.833 bits per heavy atom. The number of ketones is 2. The highest BCUT2D eigenvalue weighted by atomic mass is 16.4. The number of carbonyl (C=O) groups excluding carboxylic acids is 4. The van der Waals surface area contributed by atoms with E-state index in [2.05, 4.69) is 10.6 Å². The van der Waals surface area contributed by atoms with E-state index < -0.39 is 17.9 Å². The third kappa shape index (κ3) is 12.3. The van der Waals surface area contributed by atoms with Gasteiger partial charge in [-0.25, -0.2) is 4.79 Å². The highest BCUT2D eigenvalue weighted by Gasteiger charge is 2.19. The smallest absolute Gasteiger partial charge is 0.326 e. The van der Waals surface area contributed by atoms with Crippen LogP contribution in [0.1, 0.15) is 58.8 Å². The first-order valence-corrected chi connectivity index (χ1v) is 8.00. The van der Waals surface area contributed by atoms with E-state index in [0.29, 0.717) is 19.4 Å². The van der Waals surface area contributed by atoms with Gasteiger partial charge in [0.25, 0.3) is 0 Å². The topological polar surface area (TPSA) is 130 Å². The van der Waals surface area contributed by atoms with Crippen molar-refractivity contribution in [3.63, 3.8) is 0 Å². The van der Waals surface area contributed by atoms with Crippen molar-refractivity contribution in [3.05, 3.63) is 0 Å². The number of nitrogens with one attached hydrogen (secondary N) is 2. The molecule has 2 amide bonds. The molecule has 0 aliphatic heterocycles. The van der Waals surface area contributed by atoms with Crippen molar-refractivity contribution in [1.82, 2.24) is 10.6 Å². The third-order valence-electron chi connectivity index (χ3n) is 3.28. The number of carbonyl (C=O) groups is 5. The van der Waals surface area contributed by atoms with Crippen LogP contribution in [0, 0.1) is 0 Å². The summed E-state index contributed by atoms with van der Waals surface area (Å²) in [6, 6.07) is -1.00. The Morgan fingerprint density at radius 3 is 1.88 bits per heavy atom. The van der Waals surface area contributed by atoms with E-state index in [-0.39, 0.29) is 49.6 Å². The van der Waals surface area contributed by atoms with Gasteiger partial charge in [-0.05, 0) is 33.1 Å². The molecule has 0 aromatic rings. The van der Waals surface area contributed by atoms with Crippen molar-refractivity contribution < 1.29 is 29.1 Å². The second-order valence-corrected chi connectivity index (χ2v) is 5.71. The number of aliphatic carboxylic acids is 1. The van der Waals surface area contributed by atoms with E-state index >= 15 is 0 Å².